The second-order valence-electron chi connectivity index (χ2n) is 27.9. The first-order chi connectivity index (χ1) is 53.8. The van der Waals surface area contributed by atoms with Crippen LogP contribution in [0.2, 0.25) is 0 Å². The standard InChI is InChI=1S/C74H103N17O20S2/c1-5-38(4)61(90-64(100)48(17-10-11-25-75)80-69(105)55(35-112)87-67(103)51(28-40-31-78-46-15-8-6-13-43(40)46)83-65(101)50(82-62(98)45(76)33-92)27-39-19-21-42(94)22-20-39)72(108)85-52(29-41-32-79-47-16-9-7-14-44(41)47)66(102)84-53(30-59(96)97)68(104)89-60(37(2)3)71(107)88-56(36-113)73(109)91-26-12-18-57(91)70(106)81-49(23-24-58(77)95)63(99)86-54(34-93)74(110)111/h6-9,13-16,19-22,31-32,37-38,45,48-57,60-61,78-79,92-94,112-113H,5,10-12,17-18,23-30,33-36,75-76H2,1-4H3,(H2,77,95)(H,80,105)(H,81,106)(H,82,98)(H,83,101)(H,84,102)(H,85,108)(H,86,99)(H,87,103)(H,88,107)(H,89,104)(H,90,100)(H,96,97)(H,110,111)/t38-,45-,48-,49-,50-,51-,52-,53-,54-,55-,56-,57-,60-,61-/m0/s1. The monoisotopic (exact) mass is 1610 g/mol. The van der Waals surface area contributed by atoms with E-state index in [2.05, 4.69) is 93.7 Å². The van der Waals surface area contributed by atoms with Gasteiger partial charge in [0.2, 0.25) is 76.8 Å². The molecular formula is C74H103N17O20S2. The Morgan fingerprint density at radius 3 is 1.51 bits per heavy atom. The highest BCUT2D eigenvalue weighted by molar-refractivity contribution is 7.80. The number of para-hydroxylation sites is 2. The van der Waals surface area contributed by atoms with Crippen LogP contribution in [-0.4, -0.2) is 245 Å². The lowest BCUT2D eigenvalue weighted by Crippen LogP contribution is -2.62. The van der Waals surface area contributed by atoms with Crippen molar-refractivity contribution in [3.8, 4) is 5.75 Å². The lowest BCUT2D eigenvalue weighted by atomic mass is 9.96. The molecule has 5 aromatic rings. The Morgan fingerprint density at radius 1 is 0.531 bits per heavy atom. The largest absolute Gasteiger partial charge is 0.508 e. The molecule has 13 amide bonds. The van der Waals surface area contributed by atoms with Gasteiger partial charge in [-0.25, -0.2) is 4.79 Å². The number of rotatable bonds is 46. The zero-order valence-electron chi connectivity index (χ0n) is 62.9. The molecule has 24 N–H and O–H groups in total. The molecule has 37 nitrogen and oxygen atoms in total. The van der Waals surface area contributed by atoms with E-state index in [1.54, 1.807) is 74.8 Å². The number of H-pyrrole nitrogens is 2. The maximum Gasteiger partial charge on any atom is 0.328 e. The van der Waals surface area contributed by atoms with E-state index in [1.165, 1.54) is 38.1 Å². The number of aromatic nitrogens is 2. The van der Waals surface area contributed by atoms with Crippen LogP contribution in [0.5, 0.6) is 5.75 Å². The van der Waals surface area contributed by atoms with Crippen LogP contribution in [0.4, 0.5) is 0 Å². The summed E-state index contributed by atoms with van der Waals surface area (Å²) in [5, 5.41) is 77.9. The number of aliphatic carboxylic acids is 2. The van der Waals surface area contributed by atoms with Gasteiger partial charge in [-0.15, -0.1) is 0 Å². The van der Waals surface area contributed by atoms with E-state index in [9.17, 15) is 92.7 Å². The Kier molecular flexibility index (Phi) is 35.8. The number of benzene rings is 3. The van der Waals surface area contributed by atoms with E-state index in [0.717, 1.165) is 4.90 Å². The van der Waals surface area contributed by atoms with Gasteiger partial charge in [0, 0.05) is 77.9 Å². The average Bonchev–Trinajstić information content (AvgIpc) is 1.69. The summed E-state index contributed by atoms with van der Waals surface area (Å²) in [6, 6.07) is -0.280. The van der Waals surface area contributed by atoms with Gasteiger partial charge in [0.25, 0.3) is 0 Å². The van der Waals surface area contributed by atoms with Crippen LogP contribution in [0, 0.1) is 11.8 Å². The number of hydrogen-bond acceptors (Lipinski definition) is 22. The molecule has 0 aliphatic carbocycles. The molecule has 0 bridgehead atoms. The summed E-state index contributed by atoms with van der Waals surface area (Å²) in [6.07, 6.45) is 1.66. The van der Waals surface area contributed by atoms with Gasteiger partial charge in [-0.1, -0.05) is 82.6 Å². The van der Waals surface area contributed by atoms with Crippen molar-refractivity contribution in [3.05, 3.63) is 102 Å². The molecule has 3 heterocycles. The van der Waals surface area contributed by atoms with Gasteiger partial charge in [-0.05, 0) is 97.9 Å². The lowest BCUT2D eigenvalue weighted by molar-refractivity contribution is -0.144. The number of unbranched alkanes of at least 4 members (excludes halogenated alkanes) is 1. The molecule has 3 aromatic carbocycles. The normalized spacial score (nSPS) is 16.1. The summed E-state index contributed by atoms with van der Waals surface area (Å²) in [5.41, 5.74) is 19.8. The maximum atomic E-state index is 15.0. The van der Waals surface area contributed by atoms with Gasteiger partial charge >= 0.3 is 11.9 Å². The molecule has 113 heavy (non-hydrogen) atoms. The van der Waals surface area contributed by atoms with Crippen LogP contribution in [0.25, 0.3) is 21.8 Å². The van der Waals surface area contributed by atoms with Crippen LogP contribution in [-0.2, 0) is 91.2 Å². The van der Waals surface area contributed by atoms with Crippen LogP contribution < -0.4 is 75.7 Å². The highest BCUT2D eigenvalue weighted by Gasteiger charge is 2.42. The fraction of sp³-hybridized carbons (Fsp3) is 0.500. The first kappa shape index (κ1) is 91.0. The van der Waals surface area contributed by atoms with Gasteiger partial charge in [0.1, 0.15) is 84.3 Å². The summed E-state index contributed by atoms with van der Waals surface area (Å²) in [4.78, 5) is 215. The number of carbonyl (C=O) groups excluding carboxylic acids is 13. The number of carboxylic acid groups (broad SMARTS) is 2. The van der Waals surface area contributed by atoms with E-state index in [1.807, 2.05) is 0 Å². The average molecular weight is 1610 g/mol. The van der Waals surface area contributed by atoms with E-state index >= 15 is 4.79 Å². The number of nitrogens with two attached hydrogens (primary N) is 3. The number of amides is 13. The fourth-order valence-corrected chi connectivity index (χ4v) is 13.1. The molecule has 1 saturated heterocycles. The van der Waals surface area contributed by atoms with Gasteiger partial charge in [0.05, 0.1) is 19.6 Å². The number of fused-ring (bicyclic) bond motifs is 2. The molecule has 0 radical (unpaired) electrons. The molecule has 616 valence electrons. The molecule has 14 atom stereocenters. The van der Waals surface area contributed by atoms with E-state index < -0.39 is 212 Å². The summed E-state index contributed by atoms with van der Waals surface area (Å²) in [6.45, 7) is 4.70. The molecule has 0 spiro atoms. The minimum absolute atomic E-state index is 0.0402. The van der Waals surface area contributed by atoms with Gasteiger partial charge in [-0.3, -0.25) is 67.1 Å². The summed E-state index contributed by atoms with van der Waals surface area (Å²) in [5.74, 6) is -18.0. The minimum atomic E-state index is -1.97. The number of likely N-dealkylation sites (tertiary alicyclic amines) is 1. The number of hydrogen-bond donors (Lipinski definition) is 23. The van der Waals surface area contributed by atoms with Crippen LogP contribution >= 0.6 is 25.3 Å². The number of aliphatic hydroxyl groups is 2. The number of nitrogens with one attached hydrogen (secondary N) is 13. The molecule has 39 heteroatoms. The molecule has 0 unspecified atom stereocenters. The number of aliphatic hydroxyl groups excluding tert-OH is 2. The van der Waals surface area contributed by atoms with E-state index in [4.69, 9.17) is 17.2 Å². The van der Waals surface area contributed by atoms with Crippen LogP contribution in [0.1, 0.15) is 102 Å². The number of carboxylic acids is 2. The smallest absolute Gasteiger partial charge is 0.328 e. The summed E-state index contributed by atoms with van der Waals surface area (Å²) < 4.78 is 0. The van der Waals surface area contributed by atoms with Crippen molar-refractivity contribution in [2.45, 2.75) is 183 Å². The van der Waals surface area contributed by atoms with Crippen LogP contribution in [0.3, 0.4) is 0 Å². The number of nitrogens with zero attached hydrogens (tertiary/aromatic N) is 1. The number of primary amides is 1. The predicted molar refractivity (Wildman–Crippen MR) is 417 cm³/mol. The third-order valence-corrected chi connectivity index (χ3v) is 19.9. The molecule has 1 aliphatic heterocycles. The van der Waals surface area contributed by atoms with Crippen molar-refractivity contribution >= 4 is 136 Å². The number of phenols is 1. The third kappa shape index (κ3) is 26.6. The number of aromatic hydroxyl groups is 1. The Bertz CT molecular complexity index is 4180. The first-order valence-corrected chi connectivity index (χ1v) is 38.2. The van der Waals surface area contributed by atoms with Crippen molar-refractivity contribution < 1.29 is 97.5 Å². The minimum Gasteiger partial charge on any atom is -0.508 e. The predicted octanol–water partition coefficient (Wildman–Crippen LogP) is -3.47. The Labute approximate surface area is 661 Å². The Morgan fingerprint density at radius 2 is 0.991 bits per heavy atom. The topological polar surface area (TPSA) is 602 Å². The summed E-state index contributed by atoms with van der Waals surface area (Å²) >= 11 is 8.70. The zero-order chi connectivity index (χ0) is 83.3. The molecule has 1 aliphatic rings. The number of phenolic OH excluding ortho intramolecular Hbond substituents is 1. The SMILES string of the molecule is CC[C@H](C)[C@H](NC(=O)[C@H](CCCCN)NC(=O)[C@H](CS)NC(=O)[C@H](Cc1c[nH]c2ccccc12)NC(=O)[C@H](Cc1ccc(O)cc1)NC(=O)[C@@H](N)CO)C(=O)N[C@@H](Cc1c[nH]c2ccccc12)C(=O)N[C@@H](CC(=O)O)C(=O)N[C@H](C(=O)N[C@@H](CS)C(=O)N1CCC[C@H]1C(=O)N[C@@H](CCC(N)=O)C(=O)N[C@@H](CO)C(=O)O)C(C)C. The quantitative estimate of drug-likeness (QED) is 0.0133. The fourth-order valence-electron chi connectivity index (χ4n) is 12.6. The second kappa shape index (κ2) is 44.4. The summed E-state index contributed by atoms with van der Waals surface area (Å²) in [7, 11) is 0. The van der Waals surface area contributed by atoms with Gasteiger partial charge < -0.3 is 116 Å². The Balaban J connectivity index is 1.21. The molecule has 2 aromatic heterocycles. The van der Waals surface area contributed by atoms with Crippen molar-refractivity contribution in [2.24, 2.45) is 29.0 Å². The molecule has 1 fully saturated rings. The molecular weight excluding hydrogens is 1510 g/mol. The van der Waals surface area contributed by atoms with E-state index in [-0.39, 0.29) is 81.7 Å². The number of thiol groups is 2. The highest BCUT2D eigenvalue weighted by Crippen LogP contribution is 2.24. The first-order valence-electron chi connectivity index (χ1n) is 36.9. The third-order valence-electron chi connectivity index (χ3n) is 19.2. The van der Waals surface area contributed by atoms with Crippen molar-refractivity contribution in [2.75, 3.05) is 37.8 Å². The zero-order valence-corrected chi connectivity index (χ0v) is 64.7. The second-order valence-corrected chi connectivity index (χ2v) is 28.6. The van der Waals surface area contributed by atoms with Crippen LogP contribution in [0.15, 0.2) is 85.2 Å². The molecule has 0 saturated carbocycles. The maximum absolute atomic E-state index is 15.0. The van der Waals surface area contributed by atoms with Crippen molar-refractivity contribution in [1.29, 1.82) is 0 Å². The lowest BCUT2D eigenvalue weighted by Gasteiger charge is -2.31. The van der Waals surface area contributed by atoms with Crippen molar-refractivity contribution in [3.63, 3.8) is 0 Å². The Hall–Kier alpha value is -10.9. The highest BCUT2D eigenvalue weighted by atomic mass is 32.1. The van der Waals surface area contributed by atoms with Crippen molar-refractivity contribution in [1.82, 2.24) is 73.4 Å². The van der Waals surface area contributed by atoms with Gasteiger partial charge in [-0.2, -0.15) is 25.3 Å². The number of aromatic amines is 2. The van der Waals surface area contributed by atoms with E-state index in [0.29, 0.717) is 44.9 Å². The number of carbonyl (C=O) groups is 15. The van der Waals surface area contributed by atoms with Gasteiger partial charge in [0.15, 0.2) is 0 Å². The molecule has 6 rings (SSSR count).